The van der Waals surface area contributed by atoms with E-state index < -0.39 is 17.8 Å². The molecule has 0 fully saturated rings. The van der Waals surface area contributed by atoms with Crippen molar-refractivity contribution in [3.05, 3.63) is 88.8 Å². The fraction of sp³-hybridized carbons (Fsp3) is 0.304. The molecule has 2 N–H and O–H groups in total. The van der Waals surface area contributed by atoms with Gasteiger partial charge in [-0.15, -0.1) is 0 Å². The summed E-state index contributed by atoms with van der Waals surface area (Å²) >= 11 is 0. The lowest BCUT2D eigenvalue weighted by atomic mass is 9.99. The summed E-state index contributed by atoms with van der Waals surface area (Å²) in [7, 11) is 1.57. The Hall–Kier alpha value is -3.13. The molecule has 0 aliphatic rings. The number of likely N-dealkylation sites (N-methyl/N-ethyl adjacent to an activating group) is 1. The van der Waals surface area contributed by atoms with Crippen molar-refractivity contribution in [2.75, 3.05) is 7.05 Å². The number of nitrogens with zero attached hydrogens (tertiary/aromatic N) is 1. The van der Waals surface area contributed by atoms with Crippen LogP contribution in [-0.2, 0) is 17.4 Å². The smallest absolute Gasteiger partial charge is 0.361 e. The largest absolute Gasteiger partial charge is 0.416 e. The zero-order chi connectivity index (χ0) is 22.4. The third-order valence-corrected chi connectivity index (χ3v) is 5.02. The summed E-state index contributed by atoms with van der Waals surface area (Å²) in [6.45, 7) is 1.77. The van der Waals surface area contributed by atoms with Crippen molar-refractivity contribution in [3.8, 4) is 0 Å². The maximum absolute atomic E-state index is 12.8. The van der Waals surface area contributed by atoms with E-state index in [4.69, 9.17) is 4.52 Å². The predicted octanol–water partition coefficient (Wildman–Crippen LogP) is 4.75. The topological polar surface area (TPSA) is 67.2 Å². The lowest BCUT2D eigenvalue weighted by Crippen LogP contribution is -2.38. The Morgan fingerprint density at radius 1 is 1.10 bits per heavy atom. The van der Waals surface area contributed by atoms with Crippen molar-refractivity contribution >= 4 is 5.91 Å². The molecule has 8 heteroatoms. The minimum atomic E-state index is -4.36. The molecule has 0 aliphatic heterocycles. The molecule has 5 nitrogen and oxygen atoms in total. The van der Waals surface area contributed by atoms with Crippen molar-refractivity contribution in [2.24, 2.45) is 0 Å². The first-order valence-corrected chi connectivity index (χ1v) is 9.90. The van der Waals surface area contributed by atoms with E-state index in [1.165, 1.54) is 12.1 Å². The normalized spacial score (nSPS) is 13.6. The minimum absolute atomic E-state index is 0.203. The first-order valence-electron chi connectivity index (χ1n) is 9.90. The van der Waals surface area contributed by atoms with Crippen LogP contribution in [-0.4, -0.2) is 18.1 Å². The summed E-state index contributed by atoms with van der Waals surface area (Å²) in [5.74, 6) is 0.429. The van der Waals surface area contributed by atoms with Gasteiger partial charge in [0, 0.05) is 13.1 Å². The van der Waals surface area contributed by atoms with Gasteiger partial charge in [-0.3, -0.25) is 10.1 Å². The van der Waals surface area contributed by atoms with Gasteiger partial charge in [-0.1, -0.05) is 47.6 Å². The van der Waals surface area contributed by atoms with Crippen molar-refractivity contribution in [3.63, 3.8) is 0 Å². The Morgan fingerprint density at radius 2 is 1.77 bits per heavy atom. The zero-order valence-corrected chi connectivity index (χ0v) is 17.2. The van der Waals surface area contributed by atoms with Crippen LogP contribution < -0.4 is 10.6 Å². The molecule has 0 unspecified atom stereocenters. The molecule has 31 heavy (non-hydrogen) atoms. The summed E-state index contributed by atoms with van der Waals surface area (Å²) in [5.41, 5.74) is 1.51. The average molecular weight is 431 g/mol. The second-order valence-electron chi connectivity index (χ2n) is 7.27. The zero-order valence-electron chi connectivity index (χ0n) is 17.2. The van der Waals surface area contributed by atoms with Gasteiger partial charge >= 0.3 is 6.18 Å². The average Bonchev–Trinajstić information content (AvgIpc) is 3.20. The summed E-state index contributed by atoms with van der Waals surface area (Å²) in [4.78, 5) is 12.6. The minimum Gasteiger partial charge on any atom is -0.361 e. The monoisotopic (exact) mass is 431 g/mol. The molecule has 0 aliphatic carbocycles. The summed E-state index contributed by atoms with van der Waals surface area (Å²) in [6, 6.07) is 15.2. The van der Waals surface area contributed by atoms with Crippen molar-refractivity contribution in [1.29, 1.82) is 0 Å². The van der Waals surface area contributed by atoms with Gasteiger partial charge in [-0.05, 0) is 43.0 Å². The number of halogens is 3. The fourth-order valence-electron chi connectivity index (χ4n) is 3.35. The van der Waals surface area contributed by atoms with E-state index in [1.54, 1.807) is 20.0 Å². The number of nitrogens with one attached hydrogen (secondary N) is 2. The van der Waals surface area contributed by atoms with Crippen LogP contribution >= 0.6 is 0 Å². The van der Waals surface area contributed by atoms with E-state index in [0.29, 0.717) is 24.3 Å². The number of carbonyl (C=O) groups is 1. The Morgan fingerprint density at radius 3 is 2.32 bits per heavy atom. The number of alkyl halides is 3. The molecule has 164 valence electrons. The maximum Gasteiger partial charge on any atom is 0.416 e. The second kappa shape index (κ2) is 9.78. The molecule has 1 amide bonds. The van der Waals surface area contributed by atoms with Crippen LogP contribution in [0.4, 0.5) is 13.2 Å². The van der Waals surface area contributed by atoms with Gasteiger partial charge < -0.3 is 9.84 Å². The molecule has 0 radical (unpaired) electrons. The molecular weight excluding hydrogens is 407 g/mol. The molecule has 0 spiro atoms. The highest BCUT2D eigenvalue weighted by atomic mass is 19.4. The quantitative estimate of drug-likeness (QED) is 0.540. The Bertz CT molecular complexity index is 985. The third kappa shape index (κ3) is 5.95. The maximum atomic E-state index is 12.8. The molecule has 2 aromatic carbocycles. The number of carbonyl (C=O) groups excluding carboxylic acids is 1. The Kier molecular flexibility index (Phi) is 7.12. The highest BCUT2D eigenvalue weighted by Crippen LogP contribution is 2.30. The van der Waals surface area contributed by atoms with Gasteiger partial charge in [0.15, 0.2) is 0 Å². The SMILES string of the molecule is CNC(=O)[C@@H](N[C@@H](CCc1ccc(C(F)(F)F)cc1)c1cc(C)on1)c1ccccc1. The van der Waals surface area contributed by atoms with Crippen LogP contribution in [0.5, 0.6) is 0 Å². The van der Waals surface area contributed by atoms with Crippen LogP contribution in [0.2, 0.25) is 0 Å². The first kappa shape index (κ1) is 22.6. The van der Waals surface area contributed by atoms with Gasteiger partial charge in [0.2, 0.25) is 5.91 Å². The van der Waals surface area contributed by atoms with E-state index in [9.17, 15) is 18.0 Å². The van der Waals surface area contributed by atoms with Gasteiger partial charge in [-0.25, -0.2) is 0 Å². The van der Waals surface area contributed by atoms with Crippen molar-refractivity contribution in [1.82, 2.24) is 15.8 Å². The molecule has 1 aromatic heterocycles. The molecule has 0 bridgehead atoms. The van der Waals surface area contributed by atoms with Crippen LogP contribution in [0.15, 0.2) is 65.2 Å². The lowest BCUT2D eigenvalue weighted by Gasteiger charge is -2.24. The van der Waals surface area contributed by atoms with Crippen molar-refractivity contribution in [2.45, 2.75) is 38.0 Å². The number of hydrogen-bond donors (Lipinski definition) is 2. The van der Waals surface area contributed by atoms with Gasteiger partial charge in [0.1, 0.15) is 17.5 Å². The number of rotatable bonds is 8. The molecule has 1 heterocycles. The van der Waals surface area contributed by atoms with E-state index in [-0.39, 0.29) is 11.9 Å². The molecular formula is C23H24F3N3O2. The second-order valence-corrected chi connectivity index (χ2v) is 7.27. The number of aryl methyl sites for hydroxylation is 2. The molecule has 0 saturated heterocycles. The Balaban J connectivity index is 1.80. The summed E-state index contributed by atoms with van der Waals surface area (Å²) in [5, 5.41) is 10.1. The standard InChI is InChI=1S/C23H24F3N3O2/c1-15-14-20(29-31-15)19(13-10-16-8-11-18(12-9-16)23(24,25)26)28-21(22(30)27-2)17-6-4-3-5-7-17/h3-9,11-12,14,19,21,28H,10,13H2,1-2H3,(H,27,30)/t19-,21-/m0/s1. The summed E-state index contributed by atoms with van der Waals surface area (Å²) in [6.07, 6.45) is -3.36. The van der Waals surface area contributed by atoms with Crippen molar-refractivity contribution < 1.29 is 22.5 Å². The summed E-state index contributed by atoms with van der Waals surface area (Å²) < 4.78 is 43.6. The molecule has 0 saturated carbocycles. The van der Waals surface area contributed by atoms with E-state index in [2.05, 4.69) is 15.8 Å². The number of aromatic nitrogens is 1. The van der Waals surface area contributed by atoms with Crippen LogP contribution in [0.3, 0.4) is 0 Å². The van der Waals surface area contributed by atoms with Gasteiger partial charge in [0.25, 0.3) is 0 Å². The predicted molar refractivity (Wildman–Crippen MR) is 110 cm³/mol. The highest BCUT2D eigenvalue weighted by Gasteiger charge is 2.30. The number of amides is 1. The first-order chi connectivity index (χ1) is 14.8. The lowest BCUT2D eigenvalue weighted by molar-refractivity contribution is -0.137. The van der Waals surface area contributed by atoms with E-state index >= 15 is 0 Å². The van der Waals surface area contributed by atoms with Crippen LogP contribution in [0, 0.1) is 6.92 Å². The molecule has 3 aromatic rings. The van der Waals surface area contributed by atoms with Gasteiger partial charge in [0.05, 0.1) is 11.6 Å². The molecule has 3 rings (SSSR count). The molecule has 2 atom stereocenters. The van der Waals surface area contributed by atoms with Crippen LogP contribution in [0.1, 0.15) is 46.6 Å². The third-order valence-electron chi connectivity index (χ3n) is 5.02. The van der Waals surface area contributed by atoms with Crippen LogP contribution in [0.25, 0.3) is 0 Å². The number of benzene rings is 2. The highest BCUT2D eigenvalue weighted by molar-refractivity contribution is 5.82. The Labute approximate surface area is 178 Å². The van der Waals surface area contributed by atoms with Gasteiger partial charge in [-0.2, -0.15) is 13.2 Å². The van der Waals surface area contributed by atoms with E-state index in [0.717, 1.165) is 23.3 Å². The number of hydrogen-bond acceptors (Lipinski definition) is 4. The van der Waals surface area contributed by atoms with E-state index in [1.807, 2.05) is 30.3 Å². The fourth-order valence-corrected chi connectivity index (χ4v) is 3.35.